The molecule has 0 aliphatic heterocycles. The van der Waals surface area contributed by atoms with Crippen molar-refractivity contribution in [3.8, 4) is 0 Å². The van der Waals surface area contributed by atoms with E-state index in [0.717, 1.165) is 42.7 Å². The number of benzene rings is 2. The van der Waals surface area contributed by atoms with Crippen LogP contribution in [0.15, 0.2) is 54.6 Å². The SMILES string of the molecule is CC(C)c1ccccc1NC(=S)N[C@H]1CC[C@@H](Nc2cc(N(C)C)c3ccccc3n2)CC1. The molecule has 4 rings (SSSR count). The van der Waals surface area contributed by atoms with Crippen molar-refractivity contribution in [2.24, 2.45) is 0 Å². The molecular weight excluding hydrogens is 426 g/mol. The Hall–Kier alpha value is -2.86. The molecule has 2 aromatic carbocycles. The Morgan fingerprint density at radius 3 is 2.36 bits per heavy atom. The summed E-state index contributed by atoms with van der Waals surface area (Å²) in [4.78, 5) is 7.02. The second-order valence-electron chi connectivity index (χ2n) is 9.47. The van der Waals surface area contributed by atoms with Crippen molar-refractivity contribution in [2.45, 2.75) is 57.5 Å². The third kappa shape index (κ3) is 5.74. The Morgan fingerprint density at radius 2 is 1.64 bits per heavy atom. The third-order valence-electron chi connectivity index (χ3n) is 6.42. The number of para-hydroxylation sites is 2. The Labute approximate surface area is 203 Å². The van der Waals surface area contributed by atoms with Crippen molar-refractivity contribution < 1.29 is 0 Å². The Kier molecular flexibility index (Phi) is 7.33. The highest BCUT2D eigenvalue weighted by molar-refractivity contribution is 7.80. The molecule has 5 nitrogen and oxygen atoms in total. The fraction of sp³-hybridized carbons (Fsp3) is 0.407. The molecule has 0 bridgehead atoms. The molecular formula is C27H35N5S. The van der Waals surface area contributed by atoms with E-state index in [-0.39, 0.29) is 0 Å². The topological polar surface area (TPSA) is 52.2 Å². The zero-order valence-electron chi connectivity index (χ0n) is 20.1. The van der Waals surface area contributed by atoms with E-state index in [4.69, 9.17) is 17.2 Å². The van der Waals surface area contributed by atoms with E-state index in [2.05, 4.69) is 97.3 Å². The van der Waals surface area contributed by atoms with Crippen LogP contribution in [0.2, 0.25) is 0 Å². The first-order valence-electron chi connectivity index (χ1n) is 11.9. The molecule has 0 atom stereocenters. The fourth-order valence-corrected chi connectivity index (χ4v) is 4.93. The standard InChI is InChI=1S/C27H35N5S/c1-18(2)21-9-5-7-11-23(21)31-27(33)29-20-15-13-19(14-16-20)28-26-17-25(32(3)4)22-10-6-8-12-24(22)30-26/h5-12,17-20H,13-16H2,1-4H3,(H,28,30)(H2,29,31,33)/t19-,20+. The van der Waals surface area contributed by atoms with Crippen LogP contribution in [-0.2, 0) is 0 Å². The van der Waals surface area contributed by atoms with Gasteiger partial charge >= 0.3 is 0 Å². The van der Waals surface area contributed by atoms with Gasteiger partial charge in [0.1, 0.15) is 5.82 Å². The Balaban J connectivity index is 1.33. The molecule has 3 aromatic rings. The normalized spacial score (nSPS) is 18.2. The van der Waals surface area contributed by atoms with Gasteiger partial charge in [0.15, 0.2) is 5.11 Å². The summed E-state index contributed by atoms with van der Waals surface area (Å²) in [5.41, 5.74) is 4.60. The molecule has 174 valence electrons. The lowest BCUT2D eigenvalue weighted by atomic mass is 9.91. The molecule has 1 saturated carbocycles. The minimum Gasteiger partial charge on any atom is -0.377 e. The summed E-state index contributed by atoms with van der Waals surface area (Å²) in [5.74, 6) is 1.41. The van der Waals surface area contributed by atoms with Gasteiger partial charge in [-0.3, -0.25) is 0 Å². The lowest BCUT2D eigenvalue weighted by Crippen LogP contribution is -2.42. The Bertz CT molecular complexity index is 1100. The first kappa shape index (κ1) is 23.3. The quantitative estimate of drug-likeness (QED) is 0.384. The number of fused-ring (bicyclic) bond motifs is 1. The van der Waals surface area contributed by atoms with E-state index in [1.54, 1.807) is 0 Å². The monoisotopic (exact) mass is 461 g/mol. The van der Waals surface area contributed by atoms with Crippen molar-refractivity contribution >= 4 is 45.4 Å². The van der Waals surface area contributed by atoms with Gasteiger partial charge in [-0.1, -0.05) is 50.2 Å². The van der Waals surface area contributed by atoms with Gasteiger partial charge in [-0.2, -0.15) is 0 Å². The van der Waals surface area contributed by atoms with Crippen LogP contribution in [0.3, 0.4) is 0 Å². The molecule has 1 aromatic heterocycles. The molecule has 0 radical (unpaired) electrons. The van der Waals surface area contributed by atoms with Crippen molar-refractivity contribution in [3.63, 3.8) is 0 Å². The van der Waals surface area contributed by atoms with Gasteiger partial charge in [-0.05, 0) is 61.5 Å². The maximum atomic E-state index is 5.63. The number of aromatic nitrogens is 1. The molecule has 33 heavy (non-hydrogen) atoms. The molecule has 1 fully saturated rings. The van der Waals surface area contributed by atoms with Gasteiger partial charge in [0, 0.05) is 49.0 Å². The number of thiocarbonyl (C=S) groups is 1. The number of nitrogens with one attached hydrogen (secondary N) is 3. The highest BCUT2D eigenvalue weighted by atomic mass is 32.1. The van der Waals surface area contributed by atoms with Crippen LogP contribution in [0.5, 0.6) is 0 Å². The van der Waals surface area contributed by atoms with Gasteiger partial charge < -0.3 is 20.9 Å². The molecule has 0 unspecified atom stereocenters. The van der Waals surface area contributed by atoms with Crippen molar-refractivity contribution in [1.82, 2.24) is 10.3 Å². The average Bonchev–Trinajstić information content (AvgIpc) is 2.80. The number of nitrogens with zero attached hydrogens (tertiary/aromatic N) is 2. The van der Waals surface area contributed by atoms with Gasteiger partial charge in [-0.15, -0.1) is 0 Å². The van der Waals surface area contributed by atoms with E-state index in [1.807, 2.05) is 6.07 Å². The van der Waals surface area contributed by atoms with Crippen LogP contribution >= 0.6 is 12.2 Å². The summed E-state index contributed by atoms with van der Waals surface area (Å²) in [6.07, 6.45) is 4.35. The van der Waals surface area contributed by atoms with Crippen LogP contribution in [0.25, 0.3) is 10.9 Å². The molecule has 1 aliphatic rings. The van der Waals surface area contributed by atoms with E-state index >= 15 is 0 Å². The van der Waals surface area contributed by atoms with Crippen LogP contribution in [0.1, 0.15) is 51.0 Å². The minimum atomic E-state index is 0.399. The first-order valence-corrected chi connectivity index (χ1v) is 12.3. The molecule has 0 spiro atoms. The second-order valence-corrected chi connectivity index (χ2v) is 9.88. The minimum absolute atomic E-state index is 0.399. The number of anilines is 3. The zero-order valence-corrected chi connectivity index (χ0v) is 20.9. The predicted molar refractivity (Wildman–Crippen MR) is 146 cm³/mol. The van der Waals surface area contributed by atoms with Gasteiger partial charge in [-0.25, -0.2) is 4.98 Å². The van der Waals surface area contributed by atoms with Crippen LogP contribution in [-0.4, -0.2) is 36.3 Å². The summed E-state index contributed by atoms with van der Waals surface area (Å²) in [7, 11) is 4.16. The molecule has 0 saturated heterocycles. The van der Waals surface area contributed by atoms with E-state index in [0.29, 0.717) is 23.1 Å². The summed E-state index contributed by atoms with van der Waals surface area (Å²) >= 11 is 5.63. The summed E-state index contributed by atoms with van der Waals surface area (Å²) in [6.45, 7) is 4.41. The molecule has 3 N–H and O–H groups in total. The smallest absolute Gasteiger partial charge is 0.171 e. The number of pyridine rings is 1. The van der Waals surface area contributed by atoms with E-state index in [9.17, 15) is 0 Å². The lowest BCUT2D eigenvalue weighted by Gasteiger charge is -2.31. The molecule has 6 heteroatoms. The highest BCUT2D eigenvalue weighted by Gasteiger charge is 2.22. The van der Waals surface area contributed by atoms with Crippen molar-refractivity contribution in [2.75, 3.05) is 29.6 Å². The van der Waals surface area contributed by atoms with Crippen LogP contribution < -0.4 is 20.9 Å². The number of hydrogen-bond acceptors (Lipinski definition) is 4. The predicted octanol–water partition coefficient (Wildman–Crippen LogP) is 6.13. The maximum Gasteiger partial charge on any atom is 0.171 e. The number of rotatable bonds is 6. The van der Waals surface area contributed by atoms with E-state index < -0.39 is 0 Å². The lowest BCUT2D eigenvalue weighted by molar-refractivity contribution is 0.388. The van der Waals surface area contributed by atoms with Crippen LogP contribution in [0.4, 0.5) is 17.2 Å². The van der Waals surface area contributed by atoms with Gasteiger partial charge in [0.25, 0.3) is 0 Å². The highest BCUT2D eigenvalue weighted by Crippen LogP contribution is 2.29. The first-order chi connectivity index (χ1) is 15.9. The van der Waals surface area contributed by atoms with Gasteiger partial charge in [0.05, 0.1) is 5.52 Å². The molecule has 0 amide bonds. The fourth-order valence-electron chi connectivity index (χ4n) is 4.65. The summed E-state index contributed by atoms with van der Waals surface area (Å²) < 4.78 is 0. The molecule has 1 aliphatic carbocycles. The summed E-state index contributed by atoms with van der Waals surface area (Å²) in [6, 6.07) is 19.7. The zero-order chi connectivity index (χ0) is 23.4. The second kappa shape index (κ2) is 10.4. The van der Waals surface area contributed by atoms with E-state index in [1.165, 1.54) is 16.6 Å². The largest absolute Gasteiger partial charge is 0.377 e. The van der Waals surface area contributed by atoms with Crippen molar-refractivity contribution in [1.29, 1.82) is 0 Å². The average molecular weight is 462 g/mol. The maximum absolute atomic E-state index is 5.63. The Morgan fingerprint density at radius 1 is 0.970 bits per heavy atom. The van der Waals surface area contributed by atoms with Crippen LogP contribution in [0, 0.1) is 0 Å². The third-order valence-corrected chi connectivity index (χ3v) is 6.64. The number of hydrogen-bond donors (Lipinski definition) is 3. The molecule has 1 heterocycles. The summed E-state index contributed by atoms with van der Waals surface area (Å²) in [5, 5.41) is 12.5. The van der Waals surface area contributed by atoms with Gasteiger partial charge in [0.2, 0.25) is 0 Å². The van der Waals surface area contributed by atoms with Crippen molar-refractivity contribution in [3.05, 3.63) is 60.2 Å².